The van der Waals surface area contributed by atoms with Crippen LogP contribution in [0.2, 0.25) is 0 Å². The SMILES string of the molecule is FC(F)(F)OC1CC(c2cocn2)C1. The first-order valence-corrected chi connectivity index (χ1v) is 4.17. The van der Waals surface area contributed by atoms with Crippen LogP contribution >= 0.6 is 0 Å². The Kier molecular flexibility index (Phi) is 2.22. The summed E-state index contributed by atoms with van der Waals surface area (Å²) in [6, 6.07) is 0. The number of nitrogens with zero attached hydrogens (tertiary/aromatic N) is 1. The van der Waals surface area contributed by atoms with Gasteiger partial charge in [-0.15, -0.1) is 13.2 Å². The Morgan fingerprint density at radius 3 is 2.64 bits per heavy atom. The topological polar surface area (TPSA) is 35.3 Å². The average Bonchev–Trinajstić information content (AvgIpc) is 2.45. The van der Waals surface area contributed by atoms with Gasteiger partial charge in [0, 0.05) is 5.92 Å². The van der Waals surface area contributed by atoms with Gasteiger partial charge < -0.3 is 4.42 Å². The van der Waals surface area contributed by atoms with Crippen molar-refractivity contribution in [2.75, 3.05) is 0 Å². The molecule has 0 bridgehead atoms. The molecule has 1 aromatic rings. The molecule has 0 aliphatic heterocycles. The van der Waals surface area contributed by atoms with Crippen molar-refractivity contribution in [3.05, 3.63) is 18.4 Å². The van der Waals surface area contributed by atoms with E-state index in [4.69, 9.17) is 4.42 Å². The number of ether oxygens (including phenoxy) is 1. The zero-order chi connectivity index (χ0) is 10.2. The molecule has 14 heavy (non-hydrogen) atoms. The first-order valence-electron chi connectivity index (χ1n) is 4.17. The smallest absolute Gasteiger partial charge is 0.451 e. The molecular weight excluding hydrogens is 199 g/mol. The molecule has 0 unspecified atom stereocenters. The van der Waals surface area contributed by atoms with Crippen LogP contribution in [0, 0.1) is 0 Å². The maximum atomic E-state index is 11.7. The summed E-state index contributed by atoms with van der Waals surface area (Å²) in [5.74, 6) is 0.0427. The zero-order valence-electron chi connectivity index (χ0n) is 7.12. The Labute approximate surface area is 77.9 Å². The van der Waals surface area contributed by atoms with Crippen molar-refractivity contribution in [1.29, 1.82) is 0 Å². The summed E-state index contributed by atoms with van der Waals surface area (Å²) < 4.78 is 43.8. The average molecular weight is 207 g/mol. The Hall–Kier alpha value is -1.04. The van der Waals surface area contributed by atoms with Crippen molar-refractivity contribution in [2.45, 2.75) is 31.2 Å². The molecule has 3 nitrogen and oxygen atoms in total. The molecule has 1 aromatic heterocycles. The number of alkyl halides is 3. The van der Waals surface area contributed by atoms with E-state index in [-0.39, 0.29) is 5.92 Å². The number of aromatic nitrogens is 1. The molecule has 0 N–H and O–H groups in total. The molecule has 1 heterocycles. The fourth-order valence-corrected chi connectivity index (χ4v) is 1.52. The molecule has 1 saturated carbocycles. The van der Waals surface area contributed by atoms with E-state index in [1.54, 1.807) is 0 Å². The van der Waals surface area contributed by atoms with E-state index < -0.39 is 12.5 Å². The third-order valence-corrected chi connectivity index (χ3v) is 2.26. The Bertz CT molecular complexity index is 290. The molecule has 0 amide bonds. The van der Waals surface area contributed by atoms with Gasteiger partial charge in [-0.05, 0) is 12.8 Å². The Balaban J connectivity index is 1.80. The van der Waals surface area contributed by atoms with Gasteiger partial charge in [-0.2, -0.15) is 0 Å². The summed E-state index contributed by atoms with van der Waals surface area (Å²) in [7, 11) is 0. The lowest BCUT2D eigenvalue weighted by molar-refractivity contribution is -0.351. The second-order valence-electron chi connectivity index (χ2n) is 3.27. The summed E-state index contributed by atoms with van der Waals surface area (Å²) in [4.78, 5) is 3.87. The molecule has 0 spiro atoms. The molecule has 0 radical (unpaired) electrons. The molecule has 6 heteroatoms. The van der Waals surface area contributed by atoms with Gasteiger partial charge in [0.15, 0.2) is 6.39 Å². The highest BCUT2D eigenvalue weighted by atomic mass is 19.4. The molecule has 0 saturated heterocycles. The predicted molar refractivity (Wildman–Crippen MR) is 39.4 cm³/mol. The van der Waals surface area contributed by atoms with Crippen molar-refractivity contribution in [1.82, 2.24) is 4.98 Å². The van der Waals surface area contributed by atoms with Crippen LogP contribution in [-0.2, 0) is 4.74 Å². The van der Waals surface area contributed by atoms with Gasteiger partial charge in [-0.25, -0.2) is 4.98 Å². The van der Waals surface area contributed by atoms with E-state index in [9.17, 15) is 13.2 Å². The van der Waals surface area contributed by atoms with E-state index in [0.29, 0.717) is 18.5 Å². The summed E-state index contributed by atoms with van der Waals surface area (Å²) >= 11 is 0. The molecule has 0 aromatic carbocycles. The summed E-state index contributed by atoms with van der Waals surface area (Å²) in [6.45, 7) is 0. The maximum absolute atomic E-state index is 11.7. The highest BCUT2D eigenvalue weighted by molar-refractivity contribution is 5.07. The Morgan fingerprint density at radius 2 is 2.14 bits per heavy atom. The normalized spacial score (nSPS) is 27.4. The largest absolute Gasteiger partial charge is 0.522 e. The van der Waals surface area contributed by atoms with E-state index in [1.807, 2.05) is 0 Å². The van der Waals surface area contributed by atoms with Crippen molar-refractivity contribution < 1.29 is 22.3 Å². The first-order chi connectivity index (χ1) is 6.54. The van der Waals surface area contributed by atoms with E-state index >= 15 is 0 Å². The lowest BCUT2D eigenvalue weighted by atomic mass is 9.80. The van der Waals surface area contributed by atoms with Crippen LogP contribution < -0.4 is 0 Å². The highest BCUT2D eigenvalue weighted by Gasteiger charge is 2.41. The van der Waals surface area contributed by atoms with Crippen LogP contribution in [0.15, 0.2) is 17.1 Å². The molecular formula is C8H8F3NO2. The van der Waals surface area contributed by atoms with E-state index in [2.05, 4.69) is 9.72 Å². The van der Waals surface area contributed by atoms with E-state index in [1.165, 1.54) is 12.7 Å². The molecule has 78 valence electrons. The molecule has 0 atom stereocenters. The minimum absolute atomic E-state index is 0.0427. The standard InChI is InChI=1S/C8H8F3NO2/c9-8(10,11)14-6-1-5(2-6)7-3-13-4-12-7/h3-6H,1-2H2. The van der Waals surface area contributed by atoms with Gasteiger partial charge in [-0.1, -0.05) is 0 Å². The lowest BCUT2D eigenvalue weighted by Crippen LogP contribution is -2.34. The third kappa shape index (κ3) is 2.06. The maximum Gasteiger partial charge on any atom is 0.522 e. The minimum atomic E-state index is -4.53. The van der Waals surface area contributed by atoms with Crippen LogP contribution in [-0.4, -0.2) is 17.5 Å². The van der Waals surface area contributed by atoms with Gasteiger partial charge in [-0.3, -0.25) is 4.74 Å². The number of rotatable bonds is 2. The first kappa shape index (κ1) is 9.51. The van der Waals surface area contributed by atoms with Crippen molar-refractivity contribution in [3.63, 3.8) is 0 Å². The number of hydrogen-bond donors (Lipinski definition) is 0. The summed E-state index contributed by atoms with van der Waals surface area (Å²) in [5.41, 5.74) is 0.701. The number of halogens is 3. The van der Waals surface area contributed by atoms with Crippen LogP contribution in [0.4, 0.5) is 13.2 Å². The van der Waals surface area contributed by atoms with Crippen LogP contribution in [0.5, 0.6) is 0 Å². The number of hydrogen-bond acceptors (Lipinski definition) is 3. The summed E-state index contributed by atoms with van der Waals surface area (Å²) in [5, 5.41) is 0. The van der Waals surface area contributed by atoms with Crippen LogP contribution in [0.25, 0.3) is 0 Å². The van der Waals surface area contributed by atoms with Gasteiger partial charge >= 0.3 is 6.36 Å². The second-order valence-corrected chi connectivity index (χ2v) is 3.27. The van der Waals surface area contributed by atoms with Crippen LogP contribution in [0.3, 0.4) is 0 Å². The third-order valence-electron chi connectivity index (χ3n) is 2.26. The molecule has 1 aliphatic carbocycles. The van der Waals surface area contributed by atoms with Crippen molar-refractivity contribution >= 4 is 0 Å². The van der Waals surface area contributed by atoms with Gasteiger partial charge in [0.05, 0.1) is 11.8 Å². The highest BCUT2D eigenvalue weighted by Crippen LogP contribution is 2.40. The minimum Gasteiger partial charge on any atom is -0.451 e. The molecule has 1 aliphatic rings. The fourth-order valence-electron chi connectivity index (χ4n) is 1.52. The van der Waals surface area contributed by atoms with Gasteiger partial charge in [0.2, 0.25) is 0 Å². The monoisotopic (exact) mass is 207 g/mol. The number of oxazole rings is 1. The van der Waals surface area contributed by atoms with Crippen molar-refractivity contribution in [3.8, 4) is 0 Å². The molecule has 1 fully saturated rings. The summed E-state index contributed by atoms with van der Waals surface area (Å²) in [6.07, 6.45) is -1.82. The van der Waals surface area contributed by atoms with Crippen molar-refractivity contribution in [2.24, 2.45) is 0 Å². The lowest BCUT2D eigenvalue weighted by Gasteiger charge is -2.33. The molecule has 2 rings (SSSR count). The predicted octanol–water partition coefficient (Wildman–Crippen LogP) is 2.46. The Morgan fingerprint density at radius 1 is 1.43 bits per heavy atom. The second kappa shape index (κ2) is 3.27. The quantitative estimate of drug-likeness (QED) is 0.747. The van der Waals surface area contributed by atoms with Gasteiger partial charge in [0.1, 0.15) is 6.26 Å². The van der Waals surface area contributed by atoms with E-state index in [0.717, 1.165) is 0 Å². The fraction of sp³-hybridized carbons (Fsp3) is 0.625. The zero-order valence-corrected chi connectivity index (χ0v) is 7.12. The van der Waals surface area contributed by atoms with Crippen LogP contribution in [0.1, 0.15) is 24.5 Å². The van der Waals surface area contributed by atoms with Gasteiger partial charge in [0.25, 0.3) is 0 Å².